The molecule has 5 heterocycles. The zero-order valence-corrected chi connectivity index (χ0v) is 23.4. The molecule has 3 aromatic rings. The molecule has 4 atom stereocenters. The molecule has 0 saturated carbocycles. The number of pyridine rings is 2. The van der Waals surface area contributed by atoms with Gasteiger partial charge in [-0.1, -0.05) is 0 Å². The number of nitrogen functional groups attached to an aromatic ring is 1. The maximum Gasteiger partial charge on any atom is 0.573 e. The first kappa shape index (κ1) is 29.1. The number of halogens is 5. The maximum absolute atomic E-state index is 16.5. The van der Waals surface area contributed by atoms with Crippen molar-refractivity contribution in [2.24, 2.45) is 0 Å². The molecule has 0 radical (unpaired) electrons. The number of hydrogen-bond donors (Lipinski definition) is 3. The largest absolute Gasteiger partial charge is 0.573 e. The van der Waals surface area contributed by atoms with Crippen molar-refractivity contribution >= 4 is 28.2 Å². The van der Waals surface area contributed by atoms with E-state index in [1.165, 1.54) is 0 Å². The summed E-state index contributed by atoms with van der Waals surface area (Å²) in [5.74, 6) is -3.74. The summed E-state index contributed by atoms with van der Waals surface area (Å²) in [4.78, 5) is 24.1. The van der Waals surface area contributed by atoms with Gasteiger partial charge in [0.15, 0.2) is 17.4 Å². The summed E-state index contributed by atoms with van der Waals surface area (Å²) >= 11 is 0. The van der Waals surface area contributed by atoms with Gasteiger partial charge in [-0.25, -0.2) is 18.7 Å². The van der Waals surface area contributed by atoms with E-state index in [1.54, 1.807) is 20.8 Å². The van der Waals surface area contributed by atoms with Crippen LogP contribution in [0.15, 0.2) is 12.1 Å². The fraction of sp³-hybridized carbons (Fsp3) is 0.464. The summed E-state index contributed by atoms with van der Waals surface area (Å²) in [6, 6.07) is 0.520. The number of aromatic nitrogens is 2. The lowest BCUT2D eigenvalue weighted by Gasteiger charge is -2.41. The number of carbonyl (C=O) groups excluding carboxylic acids is 1. The van der Waals surface area contributed by atoms with Crippen LogP contribution in [0.5, 0.6) is 11.6 Å². The molecule has 10 nitrogen and oxygen atoms in total. The zero-order chi connectivity index (χ0) is 30.8. The summed E-state index contributed by atoms with van der Waals surface area (Å²) in [6.07, 6.45) is -5.15. The predicted molar refractivity (Wildman–Crippen MR) is 146 cm³/mol. The number of benzene rings is 1. The molecule has 2 saturated heterocycles. The van der Waals surface area contributed by atoms with Crippen LogP contribution in [-0.4, -0.2) is 72.8 Å². The molecular formula is C28H29F5N6O4. The normalized spacial score (nSPS) is 23.5. The van der Waals surface area contributed by atoms with Crippen LogP contribution in [0.1, 0.15) is 24.6 Å². The van der Waals surface area contributed by atoms with Crippen LogP contribution in [0.4, 0.5) is 33.5 Å². The van der Waals surface area contributed by atoms with E-state index in [4.69, 9.17) is 20.2 Å². The molecule has 43 heavy (non-hydrogen) atoms. The molecule has 3 aliphatic rings. The molecule has 0 aliphatic carbocycles. The van der Waals surface area contributed by atoms with Crippen LogP contribution in [0, 0.1) is 25.5 Å². The summed E-state index contributed by atoms with van der Waals surface area (Å²) in [5.41, 5.74) is 5.04. The van der Waals surface area contributed by atoms with Crippen molar-refractivity contribution in [2.45, 2.75) is 57.8 Å². The SMILES string of the molecule is Cc1nc2c3c(nc(-c4cc(N)cc(F)c4OC(F)(F)F)c(F)c3c1C)OC(C)[C@@H]1CNC(C(=O)NC3CCOC3)CN21. The van der Waals surface area contributed by atoms with Crippen molar-refractivity contribution in [1.82, 2.24) is 20.6 Å². The van der Waals surface area contributed by atoms with Gasteiger partial charge in [-0.3, -0.25) is 4.79 Å². The number of alkyl halides is 3. The Morgan fingerprint density at radius 2 is 1.98 bits per heavy atom. The first-order valence-electron chi connectivity index (χ1n) is 13.7. The molecule has 1 amide bonds. The van der Waals surface area contributed by atoms with E-state index in [0.717, 1.165) is 6.07 Å². The molecule has 230 valence electrons. The Bertz CT molecular complexity index is 1610. The molecule has 0 spiro atoms. The van der Waals surface area contributed by atoms with Crippen LogP contribution in [0.3, 0.4) is 0 Å². The number of hydrogen-bond acceptors (Lipinski definition) is 9. The molecule has 4 N–H and O–H groups in total. The zero-order valence-electron chi connectivity index (χ0n) is 23.4. The highest BCUT2D eigenvalue weighted by atomic mass is 19.4. The Morgan fingerprint density at radius 1 is 1.21 bits per heavy atom. The minimum absolute atomic E-state index is 0.0150. The van der Waals surface area contributed by atoms with E-state index in [1.807, 2.05) is 4.90 Å². The molecule has 1 aromatic carbocycles. The highest BCUT2D eigenvalue weighted by Gasteiger charge is 2.42. The minimum Gasteiger partial charge on any atom is -0.472 e. The number of aryl methyl sites for hydroxylation is 2. The second-order valence-electron chi connectivity index (χ2n) is 11.0. The van der Waals surface area contributed by atoms with Gasteiger partial charge in [0, 0.05) is 42.5 Å². The maximum atomic E-state index is 16.5. The molecule has 6 rings (SSSR count). The highest BCUT2D eigenvalue weighted by Crippen LogP contribution is 2.46. The molecule has 0 bridgehead atoms. The van der Waals surface area contributed by atoms with Crippen molar-refractivity contribution in [3.63, 3.8) is 0 Å². The van der Waals surface area contributed by atoms with Gasteiger partial charge in [0.25, 0.3) is 0 Å². The predicted octanol–water partition coefficient (Wildman–Crippen LogP) is 3.51. The number of piperazine rings is 1. The van der Waals surface area contributed by atoms with Crippen LogP contribution in [-0.2, 0) is 9.53 Å². The van der Waals surface area contributed by atoms with E-state index in [9.17, 15) is 22.4 Å². The van der Waals surface area contributed by atoms with Crippen molar-refractivity contribution in [1.29, 1.82) is 0 Å². The smallest absolute Gasteiger partial charge is 0.472 e. The second kappa shape index (κ2) is 10.6. The quantitative estimate of drug-likeness (QED) is 0.302. The molecular weight excluding hydrogens is 579 g/mol. The summed E-state index contributed by atoms with van der Waals surface area (Å²) in [7, 11) is 0. The van der Waals surface area contributed by atoms with Crippen LogP contribution in [0.25, 0.3) is 22.0 Å². The van der Waals surface area contributed by atoms with E-state index in [0.29, 0.717) is 49.3 Å². The fourth-order valence-electron chi connectivity index (χ4n) is 5.88. The summed E-state index contributed by atoms with van der Waals surface area (Å²) < 4.78 is 86.6. The van der Waals surface area contributed by atoms with Crippen LogP contribution < -0.4 is 30.7 Å². The topological polar surface area (TPSA) is 124 Å². The standard InChI is InChI=1S/C28H29F5N6O4/c1-11-12(2)36-25-21-20(11)22(30)23(16-6-14(34)7-17(29)24(16)43-28(31,32)33)38-27(21)42-13(3)19-8-35-18(9-39(19)25)26(40)37-15-4-5-41-10-15/h6-7,13,15,18-19,35H,4-5,8-10,34H2,1-3H3,(H,37,40)/t13?,15?,18?,19-/m0/s1. The number of ether oxygens (including phenoxy) is 3. The Labute approximate surface area is 242 Å². The van der Waals surface area contributed by atoms with Crippen LogP contribution >= 0.6 is 0 Å². The number of rotatable bonds is 4. The molecule has 2 fully saturated rings. The number of nitrogens with two attached hydrogens (primary N) is 1. The lowest BCUT2D eigenvalue weighted by Crippen LogP contribution is -2.65. The number of anilines is 2. The van der Waals surface area contributed by atoms with Gasteiger partial charge in [0.05, 0.1) is 29.6 Å². The first-order chi connectivity index (χ1) is 20.3. The highest BCUT2D eigenvalue weighted by molar-refractivity contribution is 6.02. The number of carbonyl (C=O) groups is 1. The van der Waals surface area contributed by atoms with Crippen molar-refractivity contribution in [2.75, 3.05) is 36.9 Å². The van der Waals surface area contributed by atoms with Gasteiger partial charge in [-0.2, -0.15) is 0 Å². The monoisotopic (exact) mass is 608 g/mol. The van der Waals surface area contributed by atoms with E-state index >= 15 is 4.39 Å². The third-order valence-corrected chi connectivity index (χ3v) is 8.12. The number of fused-ring (bicyclic) bond motifs is 2. The van der Waals surface area contributed by atoms with Gasteiger partial charge >= 0.3 is 6.36 Å². The lowest BCUT2D eigenvalue weighted by atomic mass is 9.99. The average Bonchev–Trinajstić information content (AvgIpc) is 3.41. The molecule has 15 heteroatoms. The Balaban J connectivity index is 1.51. The average molecular weight is 609 g/mol. The van der Waals surface area contributed by atoms with E-state index in [2.05, 4.69) is 20.4 Å². The van der Waals surface area contributed by atoms with Crippen molar-refractivity contribution in [3.8, 4) is 22.9 Å². The third kappa shape index (κ3) is 5.24. The van der Waals surface area contributed by atoms with Gasteiger partial charge in [-0.05, 0) is 38.8 Å². The minimum atomic E-state index is -5.27. The Morgan fingerprint density at radius 3 is 2.67 bits per heavy atom. The van der Waals surface area contributed by atoms with Gasteiger partial charge in [-0.15, -0.1) is 13.2 Å². The number of nitrogens with one attached hydrogen (secondary N) is 2. The molecule has 3 aliphatic heterocycles. The summed E-state index contributed by atoms with van der Waals surface area (Å²) in [6.45, 7) is 6.52. The van der Waals surface area contributed by atoms with Crippen LogP contribution in [0.2, 0.25) is 0 Å². The Kier molecular flexibility index (Phi) is 7.19. The number of amides is 1. The molecule has 2 aromatic heterocycles. The van der Waals surface area contributed by atoms with Gasteiger partial charge < -0.3 is 35.5 Å². The van der Waals surface area contributed by atoms with Gasteiger partial charge in [0.2, 0.25) is 11.8 Å². The van der Waals surface area contributed by atoms with Crippen molar-refractivity contribution in [3.05, 3.63) is 35.0 Å². The summed E-state index contributed by atoms with van der Waals surface area (Å²) in [5, 5.41) is 6.41. The van der Waals surface area contributed by atoms with Gasteiger partial charge in [0.1, 0.15) is 23.7 Å². The third-order valence-electron chi connectivity index (χ3n) is 8.12. The fourth-order valence-corrected chi connectivity index (χ4v) is 5.88. The second-order valence-corrected chi connectivity index (χ2v) is 11.0. The lowest BCUT2D eigenvalue weighted by molar-refractivity contribution is -0.275. The molecule has 3 unspecified atom stereocenters. The van der Waals surface area contributed by atoms with E-state index in [-0.39, 0.29) is 46.9 Å². The first-order valence-corrected chi connectivity index (χ1v) is 13.7. The number of nitrogens with zero attached hydrogens (tertiary/aromatic N) is 3. The van der Waals surface area contributed by atoms with Crippen molar-refractivity contribution < 1.29 is 41.0 Å². The Hall–Kier alpha value is -3.98. The van der Waals surface area contributed by atoms with E-state index < -0.39 is 47.1 Å².